The molecule has 0 bridgehead atoms. The zero-order valence-electron chi connectivity index (χ0n) is 8.39. The largest absolute Gasteiger partial charge is 0.445 e. The van der Waals surface area contributed by atoms with E-state index in [0.717, 1.165) is 25.1 Å². The number of hydrogen-bond acceptors (Lipinski definition) is 2. The first kappa shape index (κ1) is 11.9. The molecule has 82 valence electrons. The number of nitrogens with zero attached hydrogens (tertiary/aromatic N) is 1. The van der Waals surface area contributed by atoms with Gasteiger partial charge in [-0.3, -0.25) is 0 Å². The van der Waals surface area contributed by atoms with Crippen LogP contribution in [0.4, 0.5) is 4.79 Å². The van der Waals surface area contributed by atoms with Crippen molar-refractivity contribution < 1.29 is 9.53 Å². The average Bonchev–Trinajstić information content (AvgIpc) is 2.14. The van der Waals surface area contributed by atoms with Gasteiger partial charge in [0.25, 0.3) is 0 Å². The molecule has 2 rings (SSSR count). The molecule has 1 amide bonds. The Labute approximate surface area is 95.4 Å². The van der Waals surface area contributed by atoms with Gasteiger partial charge in [0, 0.05) is 13.1 Å². The van der Waals surface area contributed by atoms with Crippen LogP contribution in [-0.2, 0) is 11.3 Å². The van der Waals surface area contributed by atoms with E-state index in [1.54, 1.807) is 4.90 Å². The molecule has 0 spiro atoms. The highest BCUT2D eigenvalue weighted by atomic mass is 35.5. The molecule has 3 nitrogen and oxygen atoms in total. The zero-order chi connectivity index (χ0) is 9.80. The van der Waals surface area contributed by atoms with Crippen molar-refractivity contribution in [3.05, 3.63) is 35.9 Å². The van der Waals surface area contributed by atoms with E-state index in [4.69, 9.17) is 4.74 Å². The van der Waals surface area contributed by atoms with Crippen LogP contribution in [0, 0.1) is 0 Å². The molecule has 4 heteroatoms. The summed E-state index contributed by atoms with van der Waals surface area (Å²) in [6.07, 6.45) is 0.903. The molecule has 1 fully saturated rings. The van der Waals surface area contributed by atoms with Crippen molar-refractivity contribution in [2.45, 2.75) is 13.0 Å². The van der Waals surface area contributed by atoms with Crippen molar-refractivity contribution >= 4 is 18.5 Å². The molecule has 0 radical (unpaired) electrons. The summed E-state index contributed by atoms with van der Waals surface area (Å²) >= 11 is 0. The van der Waals surface area contributed by atoms with Crippen molar-refractivity contribution in [1.29, 1.82) is 0 Å². The SMILES string of the molecule is Cl.O=C(OCc1ccccc1)N1CCC1. The van der Waals surface area contributed by atoms with Gasteiger partial charge in [-0.25, -0.2) is 4.79 Å². The number of rotatable bonds is 2. The van der Waals surface area contributed by atoms with Crippen molar-refractivity contribution in [3.8, 4) is 0 Å². The van der Waals surface area contributed by atoms with Gasteiger partial charge in [-0.2, -0.15) is 0 Å². The summed E-state index contributed by atoms with van der Waals surface area (Å²) < 4.78 is 5.12. The Bertz CT molecular complexity index is 312. The highest BCUT2D eigenvalue weighted by Crippen LogP contribution is 2.09. The van der Waals surface area contributed by atoms with E-state index >= 15 is 0 Å². The molecule has 0 atom stereocenters. The van der Waals surface area contributed by atoms with Crippen LogP contribution in [0.2, 0.25) is 0 Å². The standard InChI is InChI=1S/C11H13NO2.ClH/c13-11(12-7-4-8-12)14-9-10-5-2-1-3-6-10;/h1-3,5-6H,4,7-9H2;1H. The smallest absolute Gasteiger partial charge is 0.410 e. The maximum absolute atomic E-state index is 11.3. The van der Waals surface area contributed by atoms with Crippen molar-refractivity contribution in [2.75, 3.05) is 13.1 Å². The van der Waals surface area contributed by atoms with E-state index in [2.05, 4.69) is 0 Å². The number of ether oxygens (including phenoxy) is 1. The summed E-state index contributed by atoms with van der Waals surface area (Å²) in [5.74, 6) is 0. The number of likely N-dealkylation sites (tertiary alicyclic amines) is 1. The fourth-order valence-corrected chi connectivity index (χ4v) is 1.31. The minimum Gasteiger partial charge on any atom is -0.445 e. The average molecular weight is 228 g/mol. The first-order chi connectivity index (χ1) is 6.86. The van der Waals surface area contributed by atoms with E-state index in [1.165, 1.54) is 0 Å². The Hall–Kier alpha value is -1.22. The molecule has 0 N–H and O–H groups in total. The quantitative estimate of drug-likeness (QED) is 0.777. The molecule has 1 aliphatic heterocycles. The predicted octanol–water partition coefficient (Wildman–Crippen LogP) is 2.45. The highest BCUT2D eigenvalue weighted by molar-refractivity contribution is 5.85. The number of benzene rings is 1. The maximum Gasteiger partial charge on any atom is 0.410 e. The Kier molecular flexibility index (Phi) is 4.43. The van der Waals surface area contributed by atoms with Crippen LogP contribution in [0.15, 0.2) is 30.3 Å². The predicted molar refractivity (Wildman–Crippen MR) is 60.1 cm³/mol. The van der Waals surface area contributed by atoms with Crippen molar-refractivity contribution in [3.63, 3.8) is 0 Å². The molecule has 1 aromatic carbocycles. The molecule has 15 heavy (non-hydrogen) atoms. The molecular formula is C11H14ClNO2. The maximum atomic E-state index is 11.3. The summed E-state index contributed by atoms with van der Waals surface area (Å²) in [4.78, 5) is 13.0. The van der Waals surface area contributed by atoms with Crippen LogP contribution in [0.1, 0.15) is 12.0 Å². The van der Waals surface area contributed by atoms with Gasteiger partial charge in [-0.1, -0.05) is 30.3 Å². The zero-order valence-corrected chi connectivity index (χ0v) is 9.20. The van der Waals surface area contributed by atoms with Crippen LogP contribution in [0.25, 0.3) is 0 Å². The summed E-state index contributed by atoms with van der Waals surface area (Å²) in [5, 5.41) is 0. The molecule has 0 unspecified atom stereocenters. The fourth-order valence-electron chi connectivity index (χ4n) is 1.31. The number of hydrogen-bond donors (Lipinski definition) is 0. The summed E-state index contributed by atoms with van der Waals surface area (Å²) in [5.41, 5.74) is 1.03. The molecule has 0 aromatic heterocycles. The van der Waals surface area contributed by atoms with Gasteiger partial charge >= 0.3 is 6.09 Å². The van der Waals surface area contributed by atoms with Crippen LogP contribution >= 0.6 is 12.4 Å². The van der Waals surface area contributed by atoms with Crippen LogP contribution in [0.3, 0.4) is 0 Å². The van der Waals surface area contributed by atoms with Gasteiger partial charge in [-0.05, 0) is 12.0 Å². The first-order valence-electron chi connectivity index (χ1n) is 4.82. The van der Waals surface area contributed by atoms with Crippen LogP contribution < -0.4 is 0 Å². The van der Waals surface area contributed by atoms with E-state index in [0.29, 0.717) is 6.61 Å². The molecule has 0 saturated carbocycles. The lowest BCUT2D eigenvalue weighted by atomic mass is 10.2. The lowest BCUT2D eigenvalue weighted by Gasteiger charge is -2.29. The number of halogens is 1. The Morgan fingerprint density at radius 3 is 2.47 bits per heavy atom. The molecule has 0 aliphatic carbocycles. The van der Waals surface area contributed by atoms with Gasteiger partial charge < -0.3 is 9.64 Å². The van der Waals surface area contributed by atoms with E-state index in [-0.39, 0.29) is 18.5 Å². The monoisotopic (exact) mass is 227 g/mol. The highest BCUT2D eigenvalue weighted by Gasteiger charge is 2.21. The number of carbonyl (C=O) groups is 1. The summed E-state index contributed by atoms with van der Waals surface area (Å²) in [6, 6.07) is 9.72. The number of amides is 1. The third-order valence-electron chi connectivity index (χ3n) is 2.32. The lowest BCUT2D eigenvalue weighted by molar-refractivity contribution is 0.0755. The molecule has 1 aliphatic rings. The number of carbonyl (C=O) groups excluding carboxylic acids is 1. The van der Waals surface area contributed by atoms with E-state index in [9.17, 15) is 4.79 Å². The second-order valence-corrected chi connectivity index (χ2v) is 3.38. The fraction of sp³-hybridized carbons (Fsp3) is 0.364. The van der Waals surface area contributed by atoms with E-state index in [1.807, 2.05) is 30.3 Å². The Morgan fingerprint density at radius 2 is 1.93 bits per heavy atom. The summed E-state index contributed by atoms with van der Waals surface area (Å²) in [6.45, 7) is 2.05. The van der Waals surface area contributed by atoms with Gasteiger partial charge in [0.2, 0.25) is 0 Å². The third kappa shape index (κ3) is 3.13. The second-order valence-electron chi connectivity index (χ2n) is 3.38. The Morgan fingerprint density at radius 1 is 1.27 bits per heavy atom. The van der Waals surface area contributed by atoms with E-state index < -0.39 is 0 Å². The molecule has 1 saturated heterocycles. The minimum absolute atomic E-state index is 0. The first-order valence-corrected chi connectivity index (χ1v) is 4.82. The Balaban J connectivity index is 0.00000112. The van der Waals surface area contributed by atoms with Gasteiger partial charge in [0.1, 0.15) is 6.61 Å². The third-order valence-corrected chi connectivity index (χ3v) is 2.32. The van der Waals surface area contributed by atoms with Gasteiger partial charge in [0.15, 0.2) is 0 Å². The van der Waals surface area contributed by atoms with Gasteiger partial charge in [0.05, 0.1) is 0 Å². The van der Waals surface area contributed by atoms with Crippen molar-refractivity contribution in [2.24, 2.45) is 0 Å². The second kappa shape index (κ2) is 5.61. The molecular weight excluding hydrogens is 214 g/mol. The topological polar surface area (TPSA) is 29.5 Å². The summed E-state index contributed by atoms with van der Waals surface area (Å²) in [7, 11) is 0. The van der Waals surface area contributed by atoms with Crippen LogP contribution in [0.5, 0.6) is 0 Å². The normalized spacial score (nSPS) is 13.7. The molecule has 1 aromatic rings. The van der Waals surface area contributed by atoms with Crippen LogP contribution in [-0.4, -0.2) is 24.1 Å². The van der Waals surface area contributed by atoms with Crippen molar-refractivity contribution in [1.82, 2.24) is 4.90 Å². The lowest BCUT2D eigenvalue weighted by Crippen LogP contribution is -2.42. The van der Waals surface area contributed by atoms with Gasteiger partial charge in [-0.15, -0.1) is 12.4 Å². The minimum atomic E-state index is -0.194. The molecule has 1 heterocycles.